The Morgan fingerprint density at radius 3 is 2.53 bits per heavy atom. The van der Waals surface area contributed by atoms with E-state index in [1.165, 1.54) is 17.4 Å². The Labute approximate surface area is 182 Å². The highest BCUT2D eigenvalue weighted by molar-refractivity contribution is 7.99. The first-order valence-electron chi connectivity index (χ1n) is 10.4. The molecule has 2 aromatic carbocycles. The predicted octanol–water partition coefficient (Wildman–Crippen LogP) is 2.14. The Morgan fingerprint density at radius 1 is 1.10 bits per heavy atom. The third-order valence-corrected chi connectivity index (χ3v) is 6.08. The zero-order valence-corrected chi connectivity index (χ0v) is 18.4. The van der Waals surface area contributed by atoms with Crippen molar-refractivity contribution in [1.29, 1.82) is 0 Å². The lowest BCUT2D eigenvalue weighted by Gasteiger charge is -2.23. The van der Waals surface area contributed by atoms with E-state index in [2.05, 4.69) is 34.9 Å². The van der Waals surface area contributed by atoms with E-state index in [0.29, 0.717) is 17.8 Å². The molecule has 7 heteroatoms. The van der Waals surface area contributed by atoms with Crippen molar-refractivity contribution in [3.63, 3.8) is 0 Å². The van der Waals surface area contributed by atoms with Crippen LogP contribution in [0.3, 0.4) is 0 Å². The molecule has 0 saturated carbocycles. The first-order valence-corrected chi connectivity index (χ1v) is 11.2. The second kappa shape index (κ2) is 11.2. The minimum Gasteiger partial charge on any atom is -0.370 e. The Bertz CT molecular complexity index is 864. The van der Waals surface area contributed by atoms with E-state index in [4.69, 9.17) is 4.74 Å². The monoisotopic (exact) mass is 428 g/mol. The molecule has 0 unspecified atom stereocenters. The van der Waals surface area contributed by atoms with Crippen LogP contribution in [0, 0.1) is 6.92 Å². The highest BCUT2D eigenvalue weighted by Gasteiger charge is 2.14. The number of hydrogen-bond acceptors (Lipinski definition) is 4. The highest BCUT2D eigenvalue weighted by Crippen LogP contribution is 2.34. The maximum atomic E-state index is 12.6. The molecule has 6 nitrogen and oxygen atoms in total. The van der Waals surface area contributed by atoms with Crippen molar-refractivity contribution >= 4 is 29.3 Å². The molecule has 3 N–H and O–H groups in total. The third-order valence-electron chi connectivity index (χ3n) is 4.99. The van der Waals surface area contributed by atoms with Gasteiger partial charge in [-0.15, -0.1) is 0 Å². The number of carbonyl (C=O) groups is 2. The van der Waals surface area contributed by atoms with Gasteiger partial charge in [0.25, 0.3) is 5.91 Å². The van der Waals surface area contributed by atoms with Crippen LogP contribution in [0.5, 0.6) is 0 Å². The minimum absolute atomic E-state index is 0.120. The van der Waals surface area contributed by atoms with Crippen LogP contribution in [0.2, 0.25) is 0 Å². The van der Waals surface area contributed by atoms with Gasteiger partial charge >= 0.3 is 0 Å². The molecule has 3 rings (SSSR count). The average Bonchev–Trinajstić information content (AvgIpc) is 2.74. The first kappa shape index (κ1) is 22.3. The number of anilines is 1. The largest absolute Gasteiger partial charge is 0.370 e. The van der Waals surface area contributed by atoms with E-state index in [-0.39, 0.29) is 11.8 Å². The van der Waals surface area contributed by atoms with Crippen molar-refractivity contribution in [3.05, 3.63) is 53.6 Å². The molecule has 1 heterocycles. The maximum absolute atomic E-state index is 12.6. The standard InChI is InChI=1S/C23H29N3O3S/c1-17-4-7-20(8-5-17)30-22-9-6-19(16-21(22)25-18(2)27)23(28)24-10-3-11-26-12-14-29-15-13-26/h4-9,16H,3,10-15H2,1-2H3,(H,24,28)(H,25,27)/p+1. The van der Waals surface area contributed by atoms with Crippen LogP contribution in [0.25, 0.3) is 0 Å². The first-order chi connectivity index (χ1) is 14.5. The smallest absolute Gasteiger partial charge is 0.251 e. The van der Waals surface area contributed by atoms with Crippen LogP contribution in [0.15, 0.2) is 52.3 Å². The fraction of sp³-hybridized carbons (Fsp3) is 0.391. The summed E-state index contributed by atoms with van der Waals surface area (Å²) in [6.45, 7) is 8.91. The molecule has 1 aliphatic rings. The Balaban J connectivity index is 1.60. The number of nitrogens with one attached hydrogen (secondary N) is 3. The summed E-state index contributed by atoms with van der Waals surface area (Å²) in [5.74, 6) is -0.280. The van der Waals surface area contributed by atoms with Gasteiger partial charge in [-0.2, -0.15) is 0 Å². The predicted molar refractivity (Wildman–Crippen MR) is 119 cm³/mol. The van der Waals surface area contributed by atoms with Gasteiger partial charge in [0.15, 0.2) is 0 Å². The highest BCUT2D eigenvalue weighted by atomic mass is 32.2. The number of hydrogen-bond donors (Lipinski definition) is 3. The van der Waals surface area contributed by atoms with E-state index < -0.39 is 0 Å². The molecule has 0 atom stereocenters. The van der Waals surface area contributed by atoms with E-state index in [0.717, 1.165) is 49.1 Å². The summed E-state index contributed by atoms with van der Waals surface area (Å²) in [5, 5.41) is 5.85. The molecule has 30 heavy (non-hydrogen) atoms. The minimum atomic E-state index is -0.160. The fourth-order valence-corrected chi connectivity index (χ4v) is 4.22. The molecule has 0 bridgehead atoms. The van der Waals surface area contributed by atoms with Gasteiger partial charge in [0.05, 0.1) is 25.4 Å². The molecular weight excluding hydrogens is 398 g/mol. The molecule has 1 aliphatic heterocycles. The fourth-order valence-electron chi connectivity index (χ4n) is 3.33. The summed E-state index contributed by atoms with van der Waals surface area (Å²) in [6, 6.07) is 13.7. The van der Waals surface area contributed by atoms with Crippen LogP contribution < -0.4 is 15.5 Å². The molecule has 2 amide bonds. The van der Waals surface area contributed by atoms with Crippen LogP contribution >= 0.6 is 11.8 Å². The van der Waals surface area contributed by atoms with Gasteiger partial charge in [0.1, 0.15) is 13.1 Å². The van der Waals surface area contributed by atoms with Gasteiger partial charge < -0.3 is 20.3 Å². The normalized spacial score (nSPS) is 14.3. The van der Waals surface area contributed by atoms with Crippen molar-refractivity contribution < 1.29 is 19.2 Å². The molecule has 1 fully saturated rings. The van der Waals surface area contributed by atoms with Crippen LogP contribution in [0.1, 0.15) is 29.3 Å². The van der Waals surface area contributed by atoms with E-state index in [1.807, 2.05) is 19.1 Å². The maximum Gasteiger partial charge on any atom is 0.251 e. The molecular formula is C23H30N3O3S+. The molecule has 0 spiro atoms. The average molecular weight is 429 g/mol. The number of morpholine rings is 1. The molecule has 0 aliphatic carbocycles. The van der Waals surface area contributed by atoms with Gasteiger partial charge in [0, 0.05) is 35.2 Å². The number of quaternary nitrogens is 1. The van der Waals surface area contributed by atoms with Gasteiger partial charge in [-0.25, -0.2) is 0 Å². The van der Waals surface area contributed by atoms with Crippen molar-refractivity contribution in [2.75, 3.05) is 44.7 Å². The van der Waals surface area contributed by atoms with Crippen LogP contribution in [0.4, 0.5) is 5.69 Å². The van der Waals surface area contributed by atoms with Gasteiger partial charge in [-0.3, -0.25) is 9.59 Å². The molecule has 0 aromatic heterocycles. The summed E-state index contributed by atoms with van der Waals surface area (Å²) in [4.78, 5) is 27.8. The Kier molecular flexibility index (Phi) is 8.30. The summed E-state index contributed by atoms with van der Waals surface area (Å²) in [6.07, 6.45) is 0.932. The number of benzene rings is 2. The van der Waals surface area contributed by atoms with E-state index >= 15 is 0 Å². The lowest BCUT2D eigenvalue weighted by molar-refractivity contribution is -0.908. The quantitative estimate of drug-likeness (QED) is 0.564. The van der Waals surface area contributed by atoms with Crippen LogP contribution in [-0.2, 0) is 9.53 Å². The Morgan fingerprint density at radius 2 is 1.83 bits per heavy atom. The Hall–Kier alpha value is -2.35. The second-order valence-corrected chi connectivity index (χ2v) is 8.64. The van der Waals surface area contributed by atoms with Gasteiger partial charge in [-0.1, -0.05) is 29.5 Å². The zero-order chi connectivity index (χ0) is 21.3. The number of amides is 2. The van der Waals surface area contributed by atoms with Gasteiger partial charge in [0.2, 0.25) is 5.91 Å². The van der Waals surface area contributed by atoms with E-state index in [1.54, 1.807) is 17.8 Å². The number of ether oxygens (including phenoxy) is 1. The summed E-state index contributed by atoms with van der Waals surface area (Å²) < 4.78 is 5.37. The molecule has 2 aromatic rings. The van der Waals surface area contributed by atoms with E-state index in [9.17, 15) is 9.59 Å². The van der Waals surface area contributed by atoms with Crippen molar-refractivity contribution in [2.24, 2.45) is 0 Å². The number of rotatable bonds is 8. The van der Waals surface area contributed by atoms with Crippen molar-refractivity contribution in [1.82, 2.24) is 5.32 Å². The number of carbonyl (C=O) groups excluding carboxylic acids is 2. The lowest BCUT2D eigenvalue weighted by Crippen LogP contribution is -3.14. The SMILES string of the molecule is CC(=O)Nc1cc(C(=O)NCCC[NH+]2CCOCC2)ccc1Sc1ccc(C)cc1. The summed E-state index contributed by atoms with van der Waals surface area (Å²) >= 11 is 1.56. The summed E-state index contributed by atoms with van der Waals surface area (Å²) in [7, 11) is 0. The topological polar surface area (TPSA) is 71.9 Å². The van der Waals surface area contributed by atoms with Crippen molar-refractivity contribution in [3.8, 4) is 0 Å². The van der Waals surface area contributed by atoms with Crippen molar-refractivity contribution in [2.45, 2.75) is 30.1 Å². The second-order valence-electron chi connectivity index (χ2n) is 7.53. The number of aryl methyl sites for hydroxylation is 1. The lowest BCUT2D eigenvalue weighted by atomic mass is 10.2. The molecule has 160 valence electrons. The van der Waals surface area contributed by atoms with Crippen LogP contribution in [-0.4, -0.2) is 51.2 Å². The molecule has 0 radical (unpaired) electrons. The zero-order valence-electron chi connectivity index (χ0n) is 17.6. The third kappa shape index (κ3) is 6.86. The molecule has 1 saturated heterocycles. The van der Waals surface area contributed by atoms with Gasteiger partial charge in [-0.05, 0) is 37.3 Å². The summed E-state index contributed by atoms with van der Waals surface area (Å²) in [5.41, 5.74) is 2.40.